The molecule has 0 saturated carbocycles. The van der Waals surface area contributed by atoms with Crippen molar-refractivity contribution in [2.45, 2.75) is 13.8 Å². The lowest BCUT2D eigenvalue weighted by atomic mass is 10.2. The van der Waals surface area contributed by atoms with Gasteiger partial charge < -0.3 is 10.1 Å². The molecule has 0 aliphatic rings. The maximum atomic E-state index is 5.30. The Hall–Kier alpha value is -0.800. The molecule has 0 amide bonds. The van der Waals surface area contributed by atoms with Crippen molar-refractivity contribution in [3.05, 3.63) is 34.3 Å². The third kappa shape index (κ3) is 5.37. The van der Waals surface area contributed by atoms with Crippen molar-refractivity contribution < 1.29 is 4.74 Å². The van der Waals surface area contributed by atoms with Crippen molar-refractivity contribution in [2.75, 3.05) is 20.2 Å². The SMILES string of the molecule is COc1ccc(Br)cc1C=CCNCC(C)C. The fraction of sp³-hybridized carbons (Fsp3) is 0.429. The van der Waals surface area contributed by atoms with Gasteiger partial charge in [-0.05, 0) is 30.7 Å². The molecular weight excluding hydrogens is 278 g/mol. The minimum absolute atomic E-state index is 0.684. The Morgan fingerprint density at radius 2 is 2.18 bits per heavy atom. The van der Waals surface area contributed by atoms with Crippen molar-refractivity contribution in [3.63, 3.8) is 0 Å². The molecule has 0 heterocycles. The van der Waals surface area contributed by atoms with Gasteiger partial charge in [0.15, 0.2) is 0 Å². The predicted octanol–water partition coefficient (Wildman–Crippen LogP) is 3.72. The molecule has 0 spiro atoms. The number of methoxy groups -OCH3 is 1. The van der Waals surface area contributed by atoms with Crippen LogP contribution in [0.25, 0.3) is 6.08 Å². The molecule has 94 valence electrons. The van der Waals surface area contributed by atoms with E-state index in [0.29, 0.717) is 5.92 Å². The molecular formula is C14H20BrNO. The van der Waals surface area contributed by atoms with Crippen molar-refractivity contribution in [1.29, 1.82) is 0 Å². The Bertz CT molecular complexity index is 374. The lowest BCUT2D eigenvalue weighted by Crippen LogP contribution is -2.19. The summed E-state index contributed by atoms with van der Waals surface area (Å²) in [6.45, 7) is 6.33. The number of hydrogen-bond acceptors (Lipinski definition) is 2. The van der Waals surface area contributed by atoms with E-state index in [1.165, 1.54) is 0 Å². The van der Waals surface area contributed by atoms with Gasteiger partial charge in [-0.3, -0.25) is 0 Å². The van der Waals surface area contributed by atoms with E-state index in [4.69, 9.17) is 4.74 Å². The van der Waals surface area contributed by atoms with Crippen LogP contribution in [-0.4, -0.2) is 20.2 Å². The molecule has 2 nitrogen and oxygen atoms in total. The summed E-state index contributed by atoms with van der Waals surface area (Å²) in [4.78, 5) is 0. The molecule has 0 fully saturated rings. The summed E-state index contributed by atoms with van der Waals surface area (Å²) in [6.07, 6.45) is 4.20. The molecule has 1 aromatic carbocycles. The monoisotopic (exact) mass is 297 g/mol. The molecule has 1 N–H and O–H groups in total. The molecule has 0 aliphatic carbocycles. The maximum absolute atomic E-state index is 5.30. The van der Waals surface area contributed by atoms with E-state index in [-0.39, 0.29) is 0 Å². The van der Waals surface area contributed by atoms with Crippen LogP contribution in [0.4, 0.5) is 0 Å². The topological polar surface area (TPSA) is 21.3 Å². The standard InChI is InChI=1S/C14H20BrNO/c1-11(2)10-16-8-4-5-12-9-13(15)6-7-14(12)17-3/h4-7,9,11,16H,8,10H2,1-3H3. The largest absolute Gasteiger partial charge is 0.496 e. The molecule has 0 radical (unpaired) electrons. The Kier molecular flexibility index (Phi) is 6.30. The number of halogens is 1. The highest BCUT2D eigenvalue weighted by Gasteiger charge is 1.99. The van der Waals surface area contributed by atoms with Gasteiger partial charge >= 0.3 is 0 Å². The van der Waals surface area contributed by atoms with Gasteiger partial charge in [-0.1, -0.05) is 41.9 Å². The molecule has 1 rings (SSSR count). The number of rotatable bonds is 6. The fourth-order valence-electron chi connectivity index (χ4n) is 1.48. The number of nitrogens with one attached hydrogen (secondary N) is 1. The number of benzene rings is 1. The lowest BCUT2D eigenvalue weighted by Gasteiger charge is -2.06. The minimum Gasteiger partial charge on any atom is -0.496 e. The molecule has 0 saturated heterocycles. The van der Waals surface area contributed by atoms with Crippen molar-refractivity contribution in [1.82, 2.24) is 5.32 Å². The first-order valence-electron chi connectivity index (χ1n) is 5.84. The quantitative estimate of drug-likeness (QED) is 0.808. The van der Waals surface area contributed by atoms with E-state index in [1.807, 2.05) is 12.1 Å². The zero-order valence-electron chi connectivity index (χ0n) is 10.7. The van der Waals surface area contributed by atoms with Crippen LogP contribution in [0, 0.1) is 5.92 Å². The first kappa shape index (κ1) is 14.3. The molecule has 17 heavy (non-hydrogen) atoms. The van der Waals surface area contributed by atoms with Crippen LogP contribution in [0.5, 0.6) is 5.75 Å². The van der Waals surface area contributed by atoms with Crippen LogP contribution in [0.1, 0.15) is 19.4 Å². The second kappa shape index (κ2) is 7.51. The Labute approximate surface area is 112 Å². The third-order valence-electron chi connectivity index (χ3n) is 2.30. The Morgan fingerprint density at radius 3 is 2.82 bits per heavy atom. The van der Waals surface area contributed by atoms with E-state index in [0.717, 1.165) is 28.9 Å². The highest BCUT2D eigenvalue weighted by atomic mass is 79.9. The van der Waals surface area contributed by atoms with Crippen LogP contribution in [0.3, 0.4) is 0 Å². The molecule has 3 heteroatoms. The smallest absolute Gasteiger partial charge is 0.126 e. The van der Waals surface area contributed by atoms with E-state index in [1.54, 1.807) is 7.11 Å². The van der Waals surface area contributed by atoms with Gasteiger partial charge in [0.1, 0.15) is 5.75 Å². The summed E-state index contributed by atoms with van der Waals surface area (Å²) >= 11 is 3.46. The molecule has 0 unspecified atom stereocenters. The van der Waals surface area contributed by atoms with E-state index < -0.39 is 0 Å². The van der Waals surface area contributed by atoms with Gasteiger partial charge in [-0.2, -0.15) is 0 Å². The van der Waals surface area contributed by atoms with Gasteiger partial charge in [0.05, 0.1) is 7.11 Å². The average molecular weight is 298 g/mol. The fourth-order valence-corrected chi connectivity index (χ4v) is 1.86. The van der Waals surface area contributed by atoms with Crippen LogP contribution in [0.15, 0.2) is 28.7 Å². The molecule has 0 aromatic heterocycles. The van der Waals surface area contributed by atoms with Crippen molar-refractivity contribution >= 4 is 22.0 Å². The van der Waals surface area contributed by atoms with Crippen molar-refractivity contribution in [3.8, 4) is 5.75 Å². The summed E-state index contributed by atoms with van der Waals surface area (Å²) in [5.41, 5.74) is 1.09. The van der Waals surface area contributed by atoms with Crippen LogP contribution in [0.2, 0.25) is 0 Å². The van der Waals surface area contributed by atoms with Gasteiger partial charge in [-0.15, -0.1) is 0 Å². The third-order valence-corrected chi connectivity index (χ3v) is 2.80. The van der Waals surface area contributed by atoms with Gasteiger partial charge in [0.25, 0.3) is 0 Å². The maximum Gasteiger partial charge on any atom is 0.126 e. The molecule has 0 aliphatic heterocycles. The number of ether oxygens (including phenoxy) is 1. The molecule has 1 aromatic rings. The Morgan fingerprint density at radius 1 is 1.41 bits per heavy atom. The first-order chi connectivity index (χ1) is 8.13. The summed E-state index contributed by atoms with van der Waals surface area (Å²) in [6, 6.07) is 6.00. The van der Waals surface area contributed by atoms with E-state index in [2.05, 4.69) is 53.3 Å². The second-order valence-corrected chi connectivity index (χ2v) is 5.26. The molecule has 0 atom stereocenters. The average Bonchev–Trinajstić information content (AvgIpc) is 2.28. The number of hydrogen-bond donors (Lipinski definition) is 1. The predicted molar refractivity (Wildman–Crippen MR) is 77.4 cm³/mol. The highest BCUT2D eigenvalue weighted by molar-refractivity contribution is 9.10. The Balaban J connectivity index is 2.55. The van der Waals surface area contributed by atoms with Crippen LogP contribution < -0.4 is 10.1 Å². The van der Waals surface area contributed by atoms with E-state index >= 15 is 0 Å². The molecule has 0 bridgehead atoms. The zero-order chi connectivity index (χ0) is 12.7. The summed E-state index contributed by atoms with van der Waals surface area (Å²) < 4.78 is 6.37. The zero-order valence-corrected chi connectivity index (χ0v) is 12.3. The summed E-state index contributed by atoms with van der Waals surface area (Å²) in [5, 5.41) is 3.37. The second-order valence-electron chi connectivity index (χ2n) is 4.34. The van der Waals surface area contributed by atoms with E-state index in [9.17, 15) is 0 Å². The lowest BCUT2D eigenvalue weighted by molar-refractivity contribution is 0.414. The van der Waals surface area contributed by atoms with Gasteiger partial charge in [-0.25, -0.2) is 0 Å². The van der Waals surface area contributed by atoms with Crippen molar-refractivity contribution in [2.24, 2.45) is 5.92 Å². The van der Waals surface area contributed by atoms with Gasteiger partial charge in [0, 0.05) is 16.6 Å². The summed E-state index contributed by atoms with van der Waals surface area (Å²) in [5.74, 6) is 1.58. The minimum atomic E-state index is 0.684. The van der Waals surface area contributed by atoms with Gasteiger partial charge in [0.2, 0.25) is 0 Å². The first-order valence-corrected chi connectivity index (χ1v) is 6.63. The highest BCUT2D eigenvalue weighted by Crippen LogP contribution is 2.23. The van der Waals surface area contributed by atoms with Crippen LogP contribution in [-0.2, 0) is 0 Å². The van der Waals surface area contributed by atoms with Crippen LogP contribution >= 0.6 is 15.9 Å². The summed E-state index contributed by atoms with van der Waals surface area (Å²) in [7, 11) is 1.69. The normalized spacial score (nSPS) is 11.4.